The van der Waals surface area contributed by atoms with Gasteiger partial charge in [-0.05, 0) is 55.5 Å². The third kappa shape index (κ3) is 1.83. The molecule has 86 valence electrons. The van der Waals surface area contributed by atoms with E-state index in [0.717, 1.165) is 24.1 Å². The van der Waals surface area contributed by atoms with Gasteiger partial charge in [-0.1, -0.05) is 6.07 Å². The molecular weight excluding hydrogens is 200 g/mol. The molecule has 16 heavy (non-hydrogen) atoms. The number of rotatable bonds is 3. The number of aryl methyl sites for hydroxylation is 1. The molecule has 3 heteroatoms. The Kier molecular flexibility index (Phi) is 2.97. The zero-order valence-corrected chi connectivity index (χ0v) is 9.89. The molecular formula is C13H18N2O. The average Bonchev–Trinajstić information content (AvgIpc) is 2.59. The number of nitrogens with one attached hydrogen (secondary N) is 1. The summed E-state index contributed by atoms with van der Waals surface area (Å²) in [6, 6.07) is 2.12. The normalized spacial score (nSPS) is 13.8. The fraction of sp³-hybridized carbons (Fsp3) is 0.462. The first-order valence-electron chi connectivity index (χ1n) is 5.75. The Labute approximate surface area is 96.0 Å². The van der Waals surface area contributed by atoms with Crippen LogP contribution in [0, 0.1) is 13.8 Å². The highest BCUT2D eigenvalue weighted by Gasteiger charge is 2.22. The molecule has 2 rings (SSSR count). The Morgan fingerprint density at radius 2 is 2.19 bits per heavy atom. The van der Waals surface area contributed by atoms with E-state index in [1.807, 2.05) is 0 Å². The van der Waals surface area contributed by atoms with Crippen molar-refractivity contribution < 1.29 is 4.79 Å². The van der Waals surface area contributed by atoms with Crippen LogP contribution < -0.4 is 11.1 Å². The van der Waals surface area contributed by atoms with Gasteiger partial charge in [0.05, 0.1) is 6.42 Å². The van der Waals surface area contributed by atoms with Crippen LogP contribution in [-0.2, 0) is 17.6 Å². The number of hydrogen-bond donors (Lipinski definition) is 2. The molecule has 0 aliphatic carbocycles. The van der Waals surface area contributed by atoms with Crippen LogP contribution in [-0.4, -0.2) is 12.5 Å². The summed E-state index contributed by atoms with van der Waals surface area (Å²) in [7, 11) is 0. The largest absolute Gasteiger partial charge is 0.330 e. The van der Waals surface area contributed by atoms with E-state index >= 15 is 0 Å². The second kappa shape index (κ2) is 4.26. The lowest BCUT2D eigenvalue weighted by Crippen LogP contribution is -2.07. The van der Waals surface area contributed by atoms with Crippen molar-refractivity contribution in [2.75, 3.05) is 11.9 Å². The van der Waals surface area contributed by atoms with E-state index in [-0.39, 0.29) is 5.91 Å². The minimum absolute atomic E-state index is 0.106. The zero-order chi connectivity index (χ0) is 11.7. The molecule has 0 atom stereocenters. The number of carbonyl (C=O) groups is 1. The molecule has 0 fully saturated rings. The molecule has 0 radical (unpaired) electrons. The van der Waals surface area contributed by atoms with Gasteiger partial charge in [-0.3, -0.25) is 4.79 Å². The van der Waals surface area contributed by atoms with Crippen molar-refractivity contribution >= 4 is 11.6 Å². The quantitative estimate of drug-likeness (QED) is 0.811. The number of nitrogens with two attached hydrogens (primary N) is 1. The van der Waals surface area contributed by atoms with Crippen LogP contribution in [0.1, 0.15) is 28.7 Å². The van der Waals surface area contributed by atoms with E-state index in [0.29, 0.717) is 13.0 Å². The van der Waals surface area contributed by atoms with Gasteiger partial charge in [-0.25, -0.2) is 0 Å². The molecule has 0 unspecified atom stereocenters. The average molecular weight is 218 g/mol. The van der Waals surface area contributed by atoms with Crippen LogP contribution in [0.3, 0.4) is 0 Å². The molecule has 0 spiro atoms. The second-order valence-electron chi connectivity index (χ2n) is 4.45. The third-order valence-corrected chi connectivity index (χ3v) is 3.30. The molecule has 3 N–H and O–H groups in total. The fourth-order valence-electron chi connectivity index (χ4n) is 2.30. The lowest BCUT2D eigenvalue weighted by atomic mass is 9.94. The summed E-state index contributed by atoms with van der Waals surface area (Å²) in [6.45, 7) is 4.91. The van der Waals surface area contributed by atoms with Gasteiger partial charge in [0.1, 0.15) is 0 Å². The zero-order valence-electron chi connectivity index (χ0n) is 9.89. The Hall–Kier alpha value is -1.35. The lowest BCUT2D eigenvalue weighted by Gasteiger charge is -2.14. The monoisotopic (exact) mass is 218 g/mol. The summed E-state index contributed by atoms with van der Waals surface area (Å²) in [5, 5.41) is 2.96. The van der Waals surface area contributed by atoms with E-state index in [1.165, 1.54) is 16.7 Å². The smallest absolute Gasteiger partial charge is 0.228 e. The number of benzene rings is 1. The number of amides is 1. The van der Waals surface area contributed by atoms with Crippen molar-refractivity contribution in [1.29, 1.82) is 0 Å². The highest BCUT2D eigenvalue weighted by Crippen LogP contribution is 2.32. The minimum Gasteiger partial charge on any atom is -0.330 e. The first-order valence-corrected chi connectivity index (χ1v) is 5.75. The van der Waals surface area contributed by atoms with Crippen molar-refractivity contribution in [1.82, 2.24) is 0 Å². The van der Waals surface area contributed by atoms with Gasteiger partial charge in [-0.15, -0.1) is 0 Å². The highest BCUT2D eigenvalue weighted by molar-refractivity contribution is 6.00. The predicted octanol–water partition coefficient (Wildman–Crippen LogP) is 1.69. The number of hydrogen-bond acceptors (Lipinski definition) is 2. The summed E-state index contributed by atoms with van der Waals surface area (Å²) in [5.41, 5.74) is 11.6. The molecule has 1 aromatic carbocycles. The predicted molar refractivity (Wildman–Crippen MR) is 65.6 cm³/mol. The van der Waals surface area contributed by atoms with Crippen molar-refractivity contribution in [2.24, 2.45) is 5.73 Å². The number of anilines is 1. The van der Waals surface area contributed by atoms with Crippen molar-refractivity contribution in [3.05, 3.63) is 28.3 Å². The second-order valence-corrected chi connectivity index (χ2v) is 4.45. The maximum Gasteiger partial charge on any atom is 0.228 e. The van der Waals surface area contributed by atoms with E-state index < -0.39 is 0 Å². The maximum absolute atomic E-state index is 11.4. The summed E-state index contributed by atoms with van der Waals surface area (Å²) in [5.74, 6) is 0.106. The topological polar surface area (TPSA) is 55.1 Å². The Bertz CT molecular complexity index is 438. The molecule has 0 bridgehead atoms. The Balaban J connectivity index is 2.45. The van der Waals surface area contributed by atoms with Crippen molar-refractivity contribution in [3.8, 4) is 0 Å². The number of carbonyl (C=O) groups excluding carboxylic acids is 1. The Morgan fingerprint density at radius 3 is 2.88 bits per heavy atom. The van der Waals surface area contributed by atoms with Crippen molar-refractivity contribution in [2.45, 2.75) is 33.1 Å². The van der Waals surface area contributed by atoms with E-state index in [9.17, 15) is 4.79 Å². The maximum atomic E-state index is 11.4. The van der Waals surface area contributed by atoms with Gasteiger partial charge in [0.2, 0.25) is 5.91 Å². The summed E-state index contributed by atoms with van der Waals surface area (Å²) in [6.07, 6.45) is 2.44. The standard InChI is InChI=1S/C13H18N2O/c1-8-6-10-7-12(16)15-13(10)11(9(8)2)4-3-5-14/h6H,3-5,7,14H2,1-2H3,(H,15,16). The van der Waals surface area contributed by atoms with E-state index in [1.54, 1.807) is 0 Å². The van der Waals surface area contributed by atoms with Crippen LogP contribution in [0.4, 0.5) is 5.69 Å². The van der Waals surface area contributed by atoms with Gasteiger partial charge in [0, 0.05) is 5.69 Å². The SMILES string of the molecule is Cc1cc2c(c(CCCN)c1C)NC(=O)C2. The first-order chi connectivity index (χ1) is 7.63. The number of fused-ring (bicyclic) bond motifs is 1. The van der Waals surface area contributed by atoms with Crippen molar-refractivity contribution in [3.63, 3.8) is 0 Å². The summed E-state index contributed by atoms with van der Waals surface area (Å²) in [4.78, 5) is 11.4. The molecule has 1 aromatic rings. The van der Waals surface area contributed by atoms with E-state index in [2.05, 4.69) is 25.2 Å². The molecule has 1 aliphatic heterocycles. The lowest BCUT2D eigenvalue weighted by molar-refractivity contribution is -0.115. The summed E-state index contributed by atoms with van der Waals surface area (Å²) >= 11 is 0. The third-order valence-electron chi connectivity index (χ3n) is 3.30. The summed E-state index contributed by atoms with van der Waals surface area (Å²) < 4.78 is 0. The Morgan fingerprint density at radius 1 is 1.44 bits per heavy atom. The highest BCUT2D eigenvalue weighted by atomic mass is 16.1. The van der Waals surface area contributed by atoms with Crippen LogP contribution in [0.25, 0.3) is 0 Å². The van der Waals surface area contributed by atoms with E-state index in [4.69, 9.17) is 5.73 Å². The van der Waals surface area contributed by atoms with Crippen LogP contribution >= 0.6 is 0 Å². The minimum atomic E-state index is 0.106. The van der Waals surface area contributed by atoms with Gasteiger partial charge in [0.25, 0.3) is 0 Å². The molecule has 0 aromatic heterocycles. The molecule has 0 saturated carbocycles. The van der Waals surface area contributed by atoms with Gasteiger partial charge in [0.15, 0.2) is 0 Å². The van der Waals surface area contributed by atoms with Crippen LogP contribution in [0.2, 0.25) is 0 Å². The molecule has 1 heterocycles. The van der Waals surface area contributed by atoms with Crippen LogP contribution in [0.5, 0.6) is 0 Å². The van der Waals surface area contributed by atoms with Gasteiger partial charge in [-0.2, -0.15) is 0 Å². The first kappa shape index (κ1) is 11.1. The van der Waals surface area contributed by atoms with Crippen LogP contribution in [0.15, 0.2) is 6.07 Å². The molecule has 0 saturated heterocycles. The molecule has 3 nitrogen and oxygen atoms in total. The fourth-order valence-corrected chi connectivity index (χ4v) is 2.30. The van der Waals surface area contributed by atoms with Gasteiger partial charge >= 0.3 is 0 Å². The molecule has 1 aliphatic rings. The van der Waals surface area contributed by atoms with Gasteiger partial charge < -0.3 is 11.1 Å². The molecule has 1 amide bonds.